The fourth-order valence-electron chi connectivity index (χ4n) is 2.08. The molecule has 0 heterocycles. The molecule has 0 saturated carbocycles. The number of benzene rings is 1. The van der Waals surface area contributed by atoms with Crippen molar-refractivity contribution in [3.8, 4) is 17.2 Å². The second-order valence-electron chi connectivity index (χ2n) is 4.12. The summed E-state index contributed by atoms with van der Waals surface area (Å²) in [4.78, 5) is 0. The number of ether oxygens (including phenoxy) is 3. The zero-order chi connectivity index (χ0) is 13.5. The second-order valence-corrected chi connectivity index (χ2v) is 4.12. The van der Waals surface area contributed by atoms with Gasteiger partial charge in [-0.2, -0.15) is 0 Å². The van der Waals surface area contributed by atoms with Crippen molar-refractivity contribution in [1.29, 1.82) is 0 Å². The molecule has 0 bridgehead atoms. The van der Waals surface area contributed by atoms with Crippen molar-refractivity contribution < 1.29 is 14.2 Å². The molecule has 0 aromatic heterocycles. The van der Waals surface area contributed by atoms with Crippen LogP contribution in [-0.2, 0) is 0 Å². The molecule has 4 nitrogen and oxygen atoms in total. The minimum Gasteiger partial charge on any atom is -0.493 e. The van der Waals surface area contributed by atoms with E-state index < -0.39 is 0 Å². The summed E-state index contributed by atoms with van der Waals surface area (Å²) < 4.78 is 16.1. The molecule has 0 fully saturated rings. The molecule has 0 aliphatic carbocycles. The molecular formula is C14H23NO3. The zero-order valence-electron chi connectivity index (χ0n) is 11.9. The van der Waals surface area contributed by atoms with Crippen molar-refractivity contribution >= 4 is 0 Å². The Hall–Kier alpha value is -1.42. The van der Waals surface area contributed by atoms with Crippen LogP contribution in [0.1, 0.15) is 24.8 Å². The van der Waals surface area contributed by atoms with E-state index in [0.29, 0.717) is 23.2 Å². The van der Waals surface area contributed by atoms with E-state index in [1.807, 2.05) is 19.2 Å². The maximum absolute atomic E-state index is 5.37. The van der Waals surface area contributed by atoms with Crippen LogP contribution in [0.15, 0.2) is 12.1 Å². The van der Waals surface area contributed by atoms with Gasteiger partial charge in [-0.05, 0) is 37.1 Å². The van der Waals surface area contributed by atoms with E-state index in [9.17, 15) is 0 Å². The number of hydrogen-bond donors (Lipinski definition) is 1. The summed E-state index contributed by atoms with van der Waals surface area (Å²) in [6.07, 6.45) is 1.06. The highest BCUT2D eigenvalue weighted by Crippen LogP contribution is 2.40. The predicted molar refractivity (Wildman–Crippen MR) is 73.1 cm³/mol. The van der Waals surface area contributed by atoms with Crippen LogP contribution in [0.2, 0.25) is 0 Å². The highest BCUT2D eigenvalue weighted by atomic mass is 16.5. The number of hydrogen-bond acceptors (Lipinski definition) is 4. The van der Waals surface area contributed by atoms with Gasteiger partial charge in [-0.3, -0.25) is 0 Å². The van der Waals surface area contributed by atoms with Crippen LogP contribution in [0, 0.1) is 0 Å². The molecule has 0 radical (unpaired) electrons. The molecule has 1 aromatic carbocycles. The summed E-state index contributed by atoms with van der Waals surface area (Å²) in [5.74, 6) is 2.49. The first kappa shape index (κ1) is 14.6. The Morgan fingerprint density at radius 3 is 1.94 bits per heavy atom. The van der Waals surface area contributed by atoms with Gasteiger partial charge in [-0.15, -0.1) is 0 Å². The molecule has 1 atom stereocenters. The number of rotatable bonds is 7. The van der Waals surface area contributed by atoms with Gasteiger partial charge < -0.3 is 19.5 Å². The molecule has 0 aliphatic heterocycles. The minimum atomic E-state index is 0.434. The fourth-order valence-corrected chi connectivity index (χ4v) is 2.08. The van der Waals surface area contributed by atoms with Crippen LogP contribution >= 0.6 is 0 Å². The van der Waals surface area contributed by atoms with Crippen LogP contribution in [0.25, 0.3) is 0 Å². The Kier molecular flexibility index (Phi) is 5.78. The first-order valence-corrected chi connectivity index (χ1v) is 6.16. The van der Waals surface area contributed by atoms with Gasteiger partial charge in [0.05, 0.1) is 21.3 Å². The summed E-state index contributed by atoms with van der Waals surface area (Å²) in [5, 5.41) is 3.21. The predicted octanol–water partition coefficient (Wildman–Crippen LogP) is 2.43. The van der Waals surface area contributed by atoms with Gasteiger partial charge in [-0.1, -0.05) is 6.92 Å². The molecule has 4 heteroatoms. The summed E-state index contributed by atoms with van der Waals surface area (Å²) >= 11 is 0. The molecule has 1 aromatic rings. The standard InChI is InChI=1S/C14H23NO3/c1-6-10(9-15-2)11-7-12(16-3)14(18-5)13(8-11)17-4/h7-8,10,15H,6,9H2,1-5H3. The van der Waals surface area contributed by atoms with E-state index in [-0.39, 0.29) is 0 Å². The van der Waals surface area contributed by atoms with Gasteiger partial charge in [0, 0.05) is 6.54 Å². The molecule has 0 spiro atoms. The molecule has 102 valence electrons. The van der Waals surface area contributed by atoms with Crippen LogP contribution < -0.4 is 19.5 Å². The average molecular weight is 253 g/mol. The maximum atomic E-state index is 5.37. The maximum Gasteiger partial charge on any atom is 0.203 e. The van der Waals surface area contributed by atoms with Crippen molar-refractivity contribution in [2.24, 2.45) is 0 Å². The van der Waals surface area contributed by atoms with Crippen LogP contribution in [0.4, 0.5) is 0 Å². The highest BCUT2D eigenvalue weighted by Gasteiger charge is 2.17. The molecule has 0 amide bonds. The summed E-state index contributed by atoms with van der Waals surface area (Å²) in [5.41, 5.74) is 1.20. The van der Waals surface area contributed by atoms with E-state index in [0.717, 1.165) is 13.0 Å². The van der Waals surface area contributed by atoms with E-state index in [1.165, 1.54) is 5.56 Å². The SMILES string of the molecule is CCC(CNC)c1cc(OC)c(OC)c(OC)c1. The lowest BCUT2D eigenvalue weighted by molar-refractivity contribution is 0.323. The Bertz CT molecular complexity index is 354. The van der Waals surface area contributed by atoms with Gasteiger partial charge in [0.25, 0.3) is 0 Å². The van der Waals surface area contributed by atoms with Gasteiger partial charge in [0.1, 0.15) is 0 Å². The van der Waals surface area contributed by atoms with Gasteiger partial charge in [0.2, 0.25) is 5.75 Å². The Labute approximate surface area is 109 Å². The quantitative estimate of drug-likeness (QED) is 0.810. The Balaban J connectivity index is 3.21. The molecule has 1 rings (SSSR count). The van der Waals surface area contributed by atoms with Gasteiger partial charge in [0.15, 0.2) is 11.5 Å². The third-order valence-electron chi connectivity index (χ3n) is 3.10. The fraction of sp³-hybridized carbons (Fsp3) is 0.571. The third kappa shape index (κ3) is 3.07. The van der Waals surface area contributed by atoms with Crippen molar-refractivity contribution in [2.75, 3.05) is 34.9 Å². The average Bonchev–Trinajstić information content (AvgIpc) is 2.42. The summed E-state index contributed by atoms with van der Waals surface area (Å²) in [7, 11) is 6.85. The van der Waals surface area contributed by atoms with Crippen LogP contribution in [-0.4, -0.2) is 34.9 Å². The first-order chi connectivity index (χ1) is 8.71. The molecule has 1 unspecified atom stereocenters. The van der Waals surface area contributed by atoms with Gasteiger partial charge in [-0.25, -0.2) is 0 Å². The Morgan fingerprint density at radius 2 is 1.61 bits per heavy atom. The molecule has 0 aliphatic rings. The largest absolute Gasteiger partial charge is 0.493 e. The highest BCUT2D eigenvalue weighted by molar-refractivity contribution is 5.54. The van der Waals surface area contributed by atoms with E-state index in [2.05, 4.69) is 12.2 Å². The van der Waals surface area contributed by atoms with Crippen molar-refractivity contribution in [1.82, 2.24) is 5.32 Å². The third-order valence-corrected chi connectivity index (χ3v) is 3.10. The lowest BCUT2D eigenvalue weighted by Gasteiger charge is -2.19. The number of methoxy groups -OCH3 is 3. The summed E-state index contributed by atoms with van der Waals surface area (Å²) in [6.45, 7) is 3.10. The van der Waals surface area contributed by atoms with Crippen molar-refractivity contribution in [3.63, 3.8) is 0 Å². The molecule has 1 N–H and O–H groups in total. The van der Waals surface area contributed by atoms with E-state index >= 15 is 0 Å². The second kappa shape index (κ2) is 7.11. The first-order valence-electron chi connectivity index (χ1n) is 6.16. The zero-order valence-corrected chi connectivity index (χ0v) is 11.9. The molecule has 18 heavy (non-hydrogen) atoms. The summed E-state index contributed by atoms with van der Waals surface area (Å²) in [6, 6.07) is 4.04. The molecule has 0 saturated heterocycles. The smallest absolute Gasteiger partial charge is 0.203 e. The normalized spacial score (nSPS) is 12.1. The van der Waals surface area contributed by atoms with Crippen LogP contribution in [0.5, 0.6) is 17.2 Å². The lowest BCUT2D eigenvalue weighted by Crippen LogP contribution is -2.16. The number of nitrogens with one attached hydrogen (secondary N) is 1. The topological polar surface area (TPSA) is 39.7 Å². The Morgan fingerprint density at radius 1 is 1.06 bits per heavy atom. The van der Waals surface area contributed by atoms with Gasteiger partial charge >= 0.3 is 0 Å². The minimum absolute atomic E-state index is 0.434. The monoisotopic (exact) mass is 253 g/mol. The van der Waals surface area contributed by atoms with Crippen LogP contribution in [0.3, 0.4) is 0 Å². The van der Waals surface area contributed by atoms with E-state index in [1.54, 1.807) is 21.3 Å². The lowest BCUT2D eigenvalue weighted by atomic mass is 9.95. The van der Waals surface area contributed by atoms with E-state index in [4.69, 9.17) is 14.2 Å². The van der Waals surface area contributed by atoms with Crippen molar-refractivity contribution in [3.05, 3.63) is 17.7 Å². The molecular weight excluding hydrogens is 230 g/mol. The number of likely N-dealkylation sites (N-methyl/N-ethyl adjacent to an activating group) is 1. The van der Waals surface area contributed by atoms with Crippen molar-refractivity contribution in [2.45, 2.75) is 19.3 Å².